The fraction of sp³-hybridized carbons (Fsp3) is 0.273. The number of ether oxygens (including phenoxy) is 1. The van der Waals surface area contributed by atoms with Crippen molar-refractivity contribution in [2.24, 2.45) is 0 Å². The molecule has 0 atom stereocenters. The molecule has 0 radical (unpaired) electrons. The fourth-order valence-electron chi connectivity index (χ4n) is 3.82. The third-order valence-corrected chi connectivity index (χ3v) is 5.60. The molecule has 5 rings (SSSR count). The minimum atomic E-state index is -0.383. The number of benzene rings is 1. The maximum absolute atomic E-state index is 14.2. The van der Waals surface area contributed by atoms with Gasteiger partial charge in [0.05, 0.1) is 6.20 Å². The lowest BCUT2D eigenvalue weighted by atomic mass is 10.0. The van der Waals surface area contributed by atoms with E-state index in [1.165, 1.54) is 6.07 Å². The van der Waals surface area contributed by atoms with E-state index in [-0.39, 0.29) is 11.6 Å². The first-order chi connectivity index (χ1) is 14.5. The van der Waals surface area contributed by atoms with Crippen LogP contribution in [-0.2, 0) is 13.0 Å². The molecule has 0 unspecified atom stereocenters. The zero-order valence-electron chi connectivity index (χ0n) is 17.1. The quantitative estimate of drug-likeness (QED) is 0.515. The summed E-state index contributed by atoms with van der Waals surface area (Å²) < 4.78 is 21.6. The van der Waals surface area contributed by atoms with Crippen LogP contribution in [0.3, 0.4) is 0 Å². The predicted molar refractivity (Wildman–Crippen MR) is 110 cm³/mol. The van der Waals surface area contributed by atoms with Gasteiger partial charge in [-0.2, -0.15) is 4.52 Å². The van der Waals surface area contributed by atoms with Gasteiger partial charge in [0, 0.05) is 36.3 Å². The molecule has 1 aromatic carbocycles. The van der Waals surface area contributed by atoms with E-state index in [2.05, 4.69) is 27.0 Å². The molecule has 8 heteroatoms. The fourth-order valence-corrected chi connectivity index (χ4v) is 3.82. The van der Waals surface area contributed by atoms with Gasteiger partial charge in [-0.05, 0) is 50.1 Å². The third-order valence-electron chi connectivity index (χ3n) is 5.60. The van der Waals surface area contributed by atoms with Crippen LogP contribution in [0.15, 0.2) is 36.8 Å². The standard InChI is InChI=1S/C22H21FN6O/c1-13-4-5-20(18(23)8-13)30-17-9-16-11-28(7-6-19(16)24-10-17)22-15(3)14(2)21-26-25-12-29(21)27-22/h4-5,8-10,12H,6-7,11H2,1-3H3. The van der Waals surface area contributed by atoms with Gasteiger partial charge in [0.25, 0.3) is 0 Å². The molecule has 4 aromatic rings. The molecule has 0 spiro atoms. The second-order valence-corrected chi connectivity index (χ2v) is 7.66. The average Bonchev–Trinajstić information content (AvgIpc) is 3.21. The summed E-state index contributed by atoms with van der Waals surface area (Å²) in [5.41, 5.74) is 5.85. The van der Waals surface area contributed by atoms with E-state index in [1.54, 1.807) is 23.1 Å². The van der Waals surface area contributed by atoms with E-state index in [4.69, 9.17) is 9.84 Å². The van der Waals surface area contributed by atoms with Crippen molar-refractivity contribution < 1.29 is 9.13 Å². The normalized spacial score (nSPS) is 13.5. The van der Waals surface area contributed by atoms with Crippen molar-refractivity contribution in [2.45, 2.75) is 33.7 Å². The highest BCUT2D eigenvalue weighted by atomic mass is 19.1. The minimum Gasteiger partial charge on any atom is -0.453 e. The number of nitrogens with zero attached hydrogens (tertiary/aromatic N) is 6. The first-order valence-corrected chi connectivity index (χ1v) is 9.83. The second-order valence-electron chi connectivity index (χ2n) is 7.66. The maximum Gasteiger partial charge on any atom is 0.180 e. The van der Waals surface area contributed by atoms with Crippen LogP contribution in [-0.4, -0.2) is 31.3 Å². The van der Waals surface area contributed by atoms with Crippen LogP contribution in [0, 0.1) is 26.6 Å². The average molecular weight is 404 g/mol. The number of aryl methyl sites for hydroxylation is 2. The van der Waals surface area contributed by atoms with E-state index < -0.39 is 0 Å². The van der Waals surface area contributed by atoms with Crippen molar-refractivity contribution in [1.29, 1.82) is 0 Å². The van der Waals surface area contributed by atoms with Crippen LogP contribution < -0.4 is 9.64 Å². The summed E-state index contributed by atoms with van der Waals surface area (Å²) in [5, 5.41) is 12.8. The van der Waals surface area contributed by atoms with E-state index >= 15 is 0 Å². The van der Waals surface area contributed by atoms with Gasteiger partial charge in [0.15, 0.2) is 23.0 Å². The van der Waals surface area contributed by atoms with Crippen LogP contribution in [0.2, 0.25) is 0 Å². The van der Waals surface area contributed by atoms with Crippen molar-refractivity contribution in [2.75, 3.05) is 11.4 Å². The smallest absolute Gasteiger partial charge is 0.180 e. The molecule has 0 N–H and O–H groups in total. The second kappa shape index (κ2) is 7.05. The molecule has 3 aromatic heterocycles. The van der Waals surface area contributed by atoms with E-state index in [9.17, 15) is 4.39 Å². The Bertz CT molecular complexity index is 1270. The van der Waals surface area contributed by atoms with Gasteiger partial charge in [-0.15, -0.1) is 15.3 Å². The Morgan fingerprint density at radius 1 is 1.10 bits per heavy atom. The van der Waals surface area contributed by atoms with Crippen LogP contribution >= 0.6 is 0 Å². The van der Waals surface area contributed by atoms with Crippen LogP contribution in [0.25, 0.3) is 5.65 Å². The van der Waals surface area contributed by atoms with Gasteiger partial charge >= 0.3 is 0 Å². The summed E-state index contributed by atoms with van der Waals surface area (Å²) in [4.78, 5) is 6.78. The largest absolute Gasteiger partial charge is 0.453 e. The van der Waals surface area contributed by atoms with Gasteiger partial charge in [-0.1, -0.05) is 6.07 Å². The number of hydrogen-bond acceptors (Lipinski definition) is 6. The lowest BCUT2D eigenvalue weighted by molar-refractivity contribution is 0.438. The molecule has 0 aliphatic carbocycles. The van der Waals surface area contributed by atoms with Crippen LogP contribution in [0.4, 0.5) is 10.2 Å². The van der Waals surface area contributed by atoms with Crippen molar-refractivity contribution >= 4 is 11.5 Å². The zero-order chi connectivity index (χ0) is 20.8. The number of pyridine rings is 1. The Kier molecular flexibility index (Phi) is 4.34. The summed E-state index contributed by atoms with van der Waals surface area (Å²) in [6.45, 7) is 7.40. The number of aromatic nitrogens is 5. The summed E-state index contributed by atoms with van der Waals surface area (Å²) in [6.07, 6.45) is 4.08. The molecule has 0 bridgehead atoms. The van der Waals surface area contributed by atoms with E-state index in [0.29, 0.717) is 12.3 Å². The van der Waals surface area contributed by atoms with Gasteiger partial charge in [-0.25, -0.2) is 4.39 Å². The van der Waals surface area contributed by atoms with Crippen molar-refractivity contribution in [3.05, 3.63) is 70.6 Å². The molecule has 0 saturated carbocycles. The molecule has 1 aliphatic heterocycles. The van der Waals surface area contributed by atoms with Gasteiger partial charge < -0.3 is 9.64 Å². The van der Waals surface area contributed by atoms with Crippen LogP contribution in [0.5, 0.6) is 11.5 Å². The highest BCUT2D eigenvalue weighted by molar-refractivity contribution is 5.59. The third kappa shape index (κ3) is 3.14. The number of hydrogen-bond donors (Lipinski definition) is 0. The first kappa shape index (κ1) is 18.5. The highest BCUT2D eigenvalue weighted by Gasteiger charge is 2.23. The molecule has 4 heterocycles. The lowest BCUT2D eigenvalue weighted by Crippen LogP contribution is -2.32. The van der Waals surface area contributed by atoms with Gasteiger partial charge in [0.1, 0.15) is 12.1 Å². The summed E-state index contributed by atoms with van der Waals surface area (Å²) in [6, 6.07) is 6.86. The summed E-state index contributed by atoms with van der Waals surface area (Å²) in [7, 11) is 0. The number of fused-ring (bicyclic) bond motifs is 2. The van der Waals surface area contributed by atoms with Crippen molar-refractivity contribution in [3.63, 3.8) is 0 Å². The molecule has 0 saturated heterocycles. The molecule has 0 amide bonds. The lowest BCUT2D eigenvalue weighted by Gasteiger charge is -2.30. The topological polar surface area (TPSA) is 68.4 Å². The Morgan fingerprint density at radius 3 is 2.80 bits per heavy atom. The Hall–Kier alpha value is -3.55. The highest BCUT2D eigenvalue weighted by Crippen LogP contribution is 2.31. The van der Waals surface area contributed by atoms with Crippen LogP contribution in [0.1, 0.15) is 27.9 Å². The molecular formula is C22H21FN6O. The molecule has 0 fully saturated rings. The number of rotatable bonds is 3. The molecular weight excluding hydrogens is 383 g/mol. The monoisotopic (exact) mass is 404 g/mol. The summed E-state index contributed by atoms with van der Waals surface area (Å²) >= 11 is 0. The molecule has 1 aliphatic rings. The predicted octanol–water partition coefficient (Wildman–Crippen LogP) is 3.94. The van der Waals surface area contributed by atoms with E-state index in [0.717, 1.165) is 52.4 Å². The maximum atomic E-state index is 14.2. The zero-order valence-corrected chi connectivity index (χ0v) is 17.1. The molecule has 30 heavy (non-hydrogen) atoms. The van der Waals surface area contributed by atoms with Gasteiger partial charge in [0.2, 0.25) is 0 Å². The SMILES string of the molecule is Cc1ccc(Oc2cnc3c(c2)CN(c2nn4cnnc4c(C)c2C)CC3)c(F)c1. The minimum absolute atomic E-state index is 0.196. The Morgan fingerprint density at radius 2 is 1.97 bits per heavy atom. The number of anilines is 1. The van der Waals surface area contributed by atoms with Crippen molar-refractivity contribution in [3.8, 4) is 11.5 Å². The number of halogens is 1. The first-order valence-electron chi connectivity index (χ1n) is 9.83. The van der Waals surface area contributed by atoms with Crippen molar-refractivity contribution in [1.82, 2.24) is 24.8 Å². The Balaban J connectivity index is 1.45. The summed E-state index contributed by atoms with van der Waals surface area (Å²) in [5.74, 6) is 1.24. The molecule has 7 nitrogen and oxygen atoms in total. The van der Waals surface area contributed by atoms with E-state index in [1.807, 2.05) is 26.0 Å². The molecule has 152 valence electrons. The van der Waals surface area contributed by atoms with Gasteiger partial charge in [-0.3, -0.25) is 4.98 Å². The Labute approximate surface area is 173 Å².